The summed E-state index contributed by atoms with van der Waals surface area (Å²) in [7, 11) is 0. The minimum absolute atomic E-state index is 0.0166. The summed E-state index contributed by atoms with van der Waals surface area (Å²) in [4.78, 5) is 38.2. The Balaban J connectivity index is 1.53. The number of amides is 1. The Morgan fingerprint density at radius 1 is 0.884 bits per heavy atom. The van der Waals surface area contributed by atoms with Crippen molar-refractivity contribution in [3.05, 3.63) is 96.1 Å². The first-order valence-electron chi connectivity index (χ1n) is 14.5. The molecule has 1 aliphatic heterocycles. The molecule has 0 saturated carbocycles. The number of ether oxygens (including phenoxy) is 3. The molecular weight excluding hydrogens is 548 g/mol. The standard InChI is InChI=1S/C34H40N2O7/c1-23(18-31(37)38)35-32(39)29(19-25-14-16-27(17-15-25)26-12-8-5-9-13-26)36-30(20-24-10-6-4-7-11-24)33(40)41-21-28-22-42-34(2,3)43-28/h4-17,23,28-30,36H,18-22H2,1-3H3,(H,35,39)(H,37,38)/t23-,28?,29+,30?/m1/s1. The number of hydrogen-bond acceptors (Lipinski definition) is 7. The quantitative estimate of drug-likeness (QED) is 0.240. The van der Waals surface area contributed by atoms with Crippen molar-refractivity contribution in [2.45, 2.75) is 70.1 Å². The lowest BCUT2D eigenvalue weighted by molar-refractivity contribution is -0.160. The topological polar surface area (TPSA) is 123 Å². The molecule has 3 aromatic rings. The Morgan fingerprint density at radius 3 is 2.07 bits per heavy atom. The third-order valence-corrected chi connectivity index (χ3v) is 7.14. The van der Waals surface area contributed by atoms with Crippen molar-refractivity contribution in [1.29, 1.82) is 0 Å². The van der Waals surface area contributed by atoms with Gasteiger partial charge in [0, 0.05) is 6.04 Å². The first-order valence-corrected chi connectivity index (χ1v) is 14.5. The third kappa shape index (κ3) is 10.0. The highest BCUT2D eigenvalue weighted by molar-refractivity contribution is 5.84. The monoisotopic (exact) mass is 588 g/mol. The van der Waals surface area contributed by atoms with Crippen LogP contribution in [0.15, 0.2) is 84.9 Å². The van der Waals surface area contributed by atoms with Gasteiger partial charge in [-0.15, -0.1) is 0 Å². The number of benzene rings is 3. The molecule has 3 N–H and O–H groups in total. The van der Waals surface area contributed by atoms with E-state index in [-0.39, 0.29) is 25.9 Å². The van der Waals surface area contributed by atoms with Gasteiger partial charge in [-0.05, 0) is 55.9 Å². The van der Waals surface area contributed by atoms with Crippen LogP contribution in [0, 0.1) is 0 Å². The van der Waals surface area contributed by atoms with Crippen molar-refractivity contribution in [2.24, 2.45) is 0 Å². The summed E-state index contributed by atoms with van der Waals surface area (Å²) in [5.74, 6) is -2.68. The molecule has 2 unspecified atom stereocenters. The zero-order valence-electron chi connectivity index (χ0n) is 24.8. The van der Waals surface area contributed by atoms with E-state index in [2.05, 4.69) is 10.6 Å². The molecule has 0 aliphatic carbocycles. The van der Waals surface area contributed by atoms with Gasteiger partial charge in [-0.1, -0.05) is 84.9 Å². The molecular formula is C34H40N2O7. The van der Waals surface area contributed by atoms with E-state index in [1.54, 1.807) is 20.8 Å². The maximum Gasteiger partial charge on any atom is 0.323 e. The Bertz CT molecular complexity index is 1350. The molecule has 4 atom stereocenters. The molecule has 43 heavy (non-hydrogen) atoms. The van der Waals surface area contributed by atoms with Crippen molar-refractivity contribution in [2.75, 3.05) is 13.2 Å². The van der Waals surface area contributed by atoms with Crippen molar-refractivity contribution in [3.8, 4) is 11.1 Å². The second-order valence-corrected chi connectivity index (χ2v) is 11.3. The maximum atomic E-state index is 13.5. The van der Waals surface area contributed by atoms with E-state index in [1.165, 1.54) is 0 Å². The molecule has 1 fully saturated rings. The summed E-state index contributed by atoms with van der Waals surface area (Å²) < 4.78 is 17.0. The van der Waals surface area contributed by atoms with Crippen LogP contribution in [0.4, 0.5) is 0 Å². The van der Waals surface area contributed by atoms with Gasteiger partial charge in [0.2, 0.25) is 5.91 Å². The number of carboxylic acids is 1. The van der Waals surface area contributed by atoms with E-state index in [9.17, 15) is 19.5 Å². The SMILES string of the molecule is C[C@H](CC(=O)O)NC(=O)[C@H](Cc1ccc(-c2ccccc2)cc1)NC(Cc1ccccc1)C(=O)OCC1COC(C)(C)O1. The predicted octanol–water partition coefficient (Wildman–Crippen LogP) is 4.14. The van der Waals surface area contributed by atoms with Crippen molar-refractivity contribution >= 4 is 17.8 Å². The number of rotatable bonds is 14. The highest BCUT2D eigenvalue weighted by Crippen LogP contribution is 2.23. The molecule has 1 aliphatic rings. The second-order valence-electron chi connectivity index (χ2n) is 11.3. The lowest BCUT2D eigenvalue weighted by Crippen LogP contribution is -2.54. The number of aliphatic carboxylic acids is 1. The van der Waals surface area contributed by atoms with Crippen LogP contribution in [0.5, 0.6) is 0 Å². The van der Waals surface area contributed by atoms with E-state index in [0.29, 0.717) is 6.61 Å². The van der Waals surface area contributed by atoms with Gasteiger partial charge in [0.15, 0.2) is 5.79 Å². The van der Waals surface area contributed by atoms with Gasteiger partial charge in [-0.2, -0.15) is 0 Å². The molecule has 4 rings (SSSR count). The predicted molar refractivity (Wildman–Crippen MR) is 162 cm³/mol. The lowest BCUT2D eigenvalue weighted by Gasteiger charge is -2.26. The number of carbonyl (C=O) groups excluding carboxylic acids is 2. The number of hydrogen-bond donors (Lipinski definition) is 3. The first kappa shape index (κ1) is 31.9. The summed E-state index contributed by atoms with van der Waals surface area (Å²) in [6.07, 6.45) is -0.0587. The van der Waals surface area contributed by atoms with Crippen molar-refractivity contribution < 1.29 is 33.7 Å². The van der Waals surface area contributed by atoms with Crippen LogP contribution < -0.4 is 10.6 Å². The molecule has 1 amide bonds. The summed E-state index contributed by atoms with van der Waals surface area (Å²) in [5.41, 5.74) is 3.89. The third-order valence-electron chi connectivity index (χ3n) is 7.14. The zero-order chi connectivity index (χ0) is 30.8. The molecule has 0 bridgehead atoms. The Labute approximate surface area is 252 Å². The lowest BCUT2D eigenvalue weighted by atomic mass is 9.98. The Hall–Kier alpha value is -4.05. The van der Waals surface area contributed by atoms with E-state index in [4.69, 9.17) is 14.2 Å². The Kier molecular flexibility index (Phi) is 11.1. The van der Waals surface area contributed by atoms with E-state index in [0.717, 1.165) is 22.3 Å². The van der Waals surface area contributed by atoms with Crippen molar-refractivity contribution in [3.63, 3.8) is 0 Å². The summed E-state index contributed by atoms with van der Waals surface area (Å²) in [5, 5.41) is 15.2. The molecule has 0 radical (unpaired) electrons. The van der Waals surface area contributed by atoms with Crippen LogP contribution in [-0.4, -0.2) is 66.2 Å². The summed E-state index contributed by atoms with van der Waals surface area (Å²) in [6, 6.07) is 25.0. The summed E-state index contributed by atoms with van der Waals surface area (Å²) in [6.45, 7) is 5.56. The van der Waals surface area contributed by atoms with Crippen LogP contribution in [0.2, 0.25) is 0 Å². The molecule has 9 heteroatoms. The van der Waals surface area contributed by atoms with Crippen LogP contribution in [0.25, 0.3) is 11.1 Å². The highest BCUT2D eigenvalue weighted by Gasteiger charge is 2.35. The van der Waals surface area contributed by atoms with Gasteiger partial charge in [0.05, 0.1) is 19.1 Å². The van der Waals surface area contributed by atoms with Gasteiger partial charge in [-0.3, -0.25) is 19.7 Å². The molecule has 3 aromatic carbocycles. The normalized spacial score (nSPS) is 17.9. The van der Waals surface area contributed by atoms with Crippen LogP contribution in [0.3, 0.4) is 0 Å². The van der Waals surface area contributed by atoms with E-state index < -0.39 is 47.9 Å². The highest BCUT2D eigenvalue weighted by atomic mass is 16.7. The van der Waals surface area contributed by atoms with Crippen LogP contribution in [-0.2, 0) is 41.4 Å². The minimum atomic E-state index is -1.01. The molecule has 0 spiro atoms. The van der Waals surface area contributed by atoms with Gasteiger partial charge in [0.25, 0.3) is 0 Å². The average molecular weight is 589 g/mol. The molecule has 9 nitrogen and oxygen atoms in total. The van der Waals surface area contributed by atoms with Crippen LogP contribution in [0.1, 0.15) is 38.3 Å². The van der Waals surface area contributed by atoms with Crippen molar-refractivity contribution in [1.82, 2.24) is 10.6 Å². The average Bonchev–Trinajstić information content (AvgIpc) is 3.34. The van der Waals surface area contributed by atoms with Gasteiger partial charge < -0.3 is 24.6 Å². The maximum absolute atomic E-state index is 13.5. The minimum Gasteiger partial charge on any atom is -0.481 e. The number of esters is 1. The fourth-order valence-corrected chi connectivity index (χ4v) is 5.01. The smallest absolute Gasteiger partial charge is 0.323 e. The van der Waals surface area contributed by atoms with E-state index >= 15 is 0 Å². The van der Waals surface area contributed by atoms with Gasteiger partial charge in [0.1, 0.15) is 18.8 Å². The molecule has 228 valence electrons. The number of nitrogens with one attached hydrogen (secondary N) is 2. The Morgan fingerprint density at radius 2 is 1.47 bits per heavy atom. The fraction of sp³-hybridized carbons (Fsp3) is 0.382. The first-order chi connectivity index (χ1) is 20.6. The van der Waals surface area contributed by atoms with Gasteiger partial charge >= 0.3 is 11.9 Å². The van der Waals surface area contributed by atoms with Crippen LogP contribution >= 0.6 is 0 Å². The number of carboxylic acid groups (broad SMARTS) is 1. The van der Waals surface area contributed by atoms with Gasteiger partial charge in [-0.25, -0.2) is 0 Å². The molecule has 1 heterocycles. The van der Waals surface area contributed by atoms with E-state index in [1.807, 2.05) is 84.9 Å². The molecule has 0 aromatic heterocycles. The second kappa shape index (κ2) is 14.9. The molecule has 1 saturated heterocycles. The summed E-state index contributed by atoms with van der Waals surface area (Å²) >= 11 is 0. The largest absolute Gasteiger partial charge is 0.481 e. The zero-order valence-corrected chi connectivity index (χ0v) is 24.8. The number of carbonyl (C=O) groups is 3. The fourth-order valence-electron chi connectivity index (χ4n) is 5.01.